The number of ether oxygens (including phenoxy) is 1. The lowest BCUT2D eigenvalue weighted by atomic mass is 10.2. The molecule has 0 bridgehead atoms. The molecule has 0 radical (unpaired) electrons. The topological polar surface area (TPSA) is 41.5 Å². The van der Waals surface area contributed by atoms with Crippen LogP contribution in [0.1, 0.15) is 31.7 Å². The van der Waals surface area contributed by atoms with Crippen molar-refractivity contribution < 1.29 is 9.84 Å². The summed E-state index contributed by atoms with van der Waals surface area (Å²) in [4.78, 5) is 0. The maximum Gasteiger partial charge on any atom is 0.119 e. The molecule has 0 aromatic heterocycles. The molecule has 2 N–H and O–H groups in total. The van der Waals surface area contributed by atoms with Crippen LogP contribution in [0.4, 0.5) is 0 Å². The molecule has 0 amide bonds. The van der Waals surface area contributed by atoms with Gasteiger partial charge in [-0.25, -0.2) is 0 Å². The molecule has 1 rings (SSSR count). The van der Waals surface area contributed by atoms with Gasteiger partial charge in [0.25, 0.3) is 0 Å². The second-order valence-electron chi connectivity index (χ2n) is 4.10. The second kappa shape index (κ2) is 9.02. The highest BCUT2D eigenvalue weighted by molar-refractivity contribution is 5.27. The van der Waals surface area contributed by atoms with Gasteiger partial charge < -0.3 is 15.2 Å². The number of benzene rings is 1. The minimum atomic E-state index is 0.247. The Labute approximate surface area is 104 Å². The first-order valence-electron chi connectivity index (χ1n) is 6.40. The molecule has 17 heavy (non-hydrogen) atoms. The molecule has 0 heterocycles. The van der Waals surface area contributed by atoms with Gasteiger partial charge in [0, 0.05) is 13.2 Å². The van der Waals surface area contributed by atoms with Gasteiger partial charge in [-0.2, -0.15) is 0 Å². The van der Waals surface area contributed by atoms with Crippen molar-refractivity contribution in [3.63, 3.8) is 0 Å². The Morgan fingerprint density at radius 2 is 1.94 bits per heavy atom. The second-order valence-corrected chi connectivity index (χ2v) is 4.10. The summed E-state index contributed by atoms with van der Waals surface area (Å²) in [5, 5.41) is 11.9. The van der Waals surface area contributed by atoms with Gasteiger partial charge in [0.1, 0.15) is 5.75 Å². The normalized spacial score (nSPS) is 10.5. The molecule has 0 fully saturated rings. The van der Waals surface area contributed by atoms with Gasteiger partial charge in [-0.15, -0.1) is 0 Å². The standard InChI is InChI=1S/C14H23NO2/c1-2-3-11-17-14-7-5-13(6-8-14)12-15-9-4-10-16/h5-8,15-16H,2-4,9-12H2,1H3. The largest absolute Gasteiger partial charge is 0.494 e. The summed E-state index contributed by atoms with van der Waals surface area (Å²) >= 11 is 0. The van der Waals surface area contributed by atoms with Crippen molar-refractivity contribution in [2.75, 3.05) is 19.8 Å². The first-order chi connectivity index (χ1) is 8.36. The van der Waals surface area contributed by atoms with Crippen LogP contribution in [0.15, 0.2) is 24.3 Å². The van der Waals surface area contributed by atoms with E-state index in [-0.39, 0.29) is 6.61 Å². The highest BCUT2D eigenvalue weighted by atomic mass is 16.5. The smallest absolute Gasteiger partial charge is 0.119 e. The summed E-state index contributed by atoms with van der Waals surface area (Å²) in [5.41, 5.74) is 1.24. The van der Waals surface area contributed by atoms with Crippen LogP contribution in [0.25, 0.3) is 0 Å². The summed E-state index contributed by atoms with van der Waals surface area (Å²) in [6, 6.07) is 8.18. The van der Waals surface area contributed by atoms with Crippen molar-refractivity contribution >= 4 is 0 Å². The summed E-state index contributed by atoms with van der Waals surface area (Å²) in [5.74, 6) is 0.942. The number of hydrogen-bond acceptors (Lipinski definition) is 3. The van der Waals surface area contributed by atoms with Crippen molar-refractivity contribution in [2.45, 2.75) is 32.7 Å². The molecule has 0 saturated heterocycles. The lowest BCUT2D eigenvalue weighted by Gasteiger charge is -2.07. The molecule has 0 aliphatic heterocycles. The van der Waals surface area contributed by atoms with E-state index in [0.29, 0.717) is 0 Å². The molecular formula is C14H23NO2. The Morgan fingerprint density at radius 3 is 2.59 bits per heavy atom. The van der Waals surface area contributed by atoms with Gasteiger partial charge in [-0.1, -0.05) is 25.5 Å². The third kappa shape index (κ3) is 6.29. The van der Waals surface area contributed by atoms with E-state index in [2.05, 4.69) is 24.4 Å². The zero-order valence-electron chi connectivity index (χ0n) is 10.6. The van der Waals surface area contributed by atoms with Crippen molar-refractivity contribution in [3.05, 3.63) is 29.8 Å². The molecule has 0 aliphatic rings. The van der Waals surface area contributed by atoms with E-state index in [4.69, 9.17) is 9.84 Å². The van der Waals surface area contributed by atoms with Gasteiger partial charge in [-0.05, 0) is 37.1 Å². The van der Waals surface area contributed by atoms with Crippen molar-refractivity contribution in [1.29, 1.82) is 0 Å². The number of nitrogens with one attached hydrogen (secondary N) is 1. The van der Waals surface area contributed by atoms with E-state index >= 15 is 0 Å². The fourth-order valence-electron chi connectivity index (χ4n) is 1.47. The van der Waals surface area contributed by atoms with Crippen LogP contribution in [0.3, 0.4) is 0 Å². The van der Waals surface area contributed by atoms with Crippen molar-refractivity contribution in [3.8, 4) is 5.75 Å². The van der Waals surface area contributed by atoms with Crippen LogP contribution >= 0.6 is 0 Å². The molecule has 0 spiro atoms. The van der Waals surface area contributed by atoms with E-state index < -0.39 is 0 Å². The van der Waals surface area contributed by atoms with Gasteiger partial charge in [0.15, 0.2) is 0 Å². The zero-order valence-corrected chi connectivity index (χ0v) is 10.6. The molecule has 1 aromatic rings. The van der Waals surface area contributed by atoms with Crippen molar-refractivity contribution in [2.24, 2.45) is 0 Å². The Bertz CT molecular complexity index is 285. The molecule has 1 aromatic carbocycles. The van der Waals surface area contributed by atoms with E-state index in [1.54, 1.807) is 0 Å². The molecule has 0 atom stereocenters. The lowest BCUT2D eigenvalue weighted by molar-refractivity contribution is 0.286. The number of hydrogen-bond donors (Lipinski definition) is 2. The molecule has 0 saturated carbocycles. The first-order valence-corrected chi connectivity index (χ1v) is 6.40. The predicted octanol–water partition coefficient (Wildman–Crippen LogP) is 2.34. The summed E-state index contributed by atoms with van der Waals surface area (Å²) in [6.45, 7) is 4.90. The average molecular weight is 237 g/mol. The molecule has 3 nitrogen and oxygen atoms in total. The van der Waals surface area contributed by atoms with E-state index in [0.717, 1.165) is 44.7 Å². The quantitative estimate of drug-likeness (QED) is 0.648. The van der Waals surface area contributed by atoms with Crippen LogP contribution in [0, 0.1) is 0 Å². The van der Waals surface area contributed by atoms with Gasteiger partial charge in [-0.3, -0.25) is 0 Å². The maximum atomic E-state index is 8.65. The lowest BCUT2D eigenvalue weighted by Crippen LogP contribution is -2.15. The maximum absolute atomic E-state index is 8.65. The fraction of sp³-hybridized carbons (Fsp3) is 0.571. The highest BCUT2D eigenvalue weighted by Gasteiger charge is 1.95. The van der Waals surface area contributed by atoms with Crippen LogP contribution in [-0.4, -0.2) is 24.9 Å². The molecule has 0 unspecified atom stereocenters. The van der Waals surface area contributed by atoms with E-state index in [1.807, 2.05) is 12.1 Å². The minimum absolute atomic E-state index is 0.247. The van der Waals surface area contributed by atoms with E-state index in [9.17, 15) is 0 Å². The average Bonchev–Trinajstić information content (AvgIpc) is 2.37. The number of unbranched alkanes of at least 4 members (excludes halogenated alkanes) is 1. The Balaban J connectivity index is 2.24. The molecular weight excluding hydrogens is 214 g/mol. The first kappa shape index (κ1) is 14.0. The summed E-state index contributed by atoms with van der Waals surface area (Å²) in [7, 11) is 0. The van der Waals surface area contributed by atoms with Crippen molar-refractivity contribution in [1.82, 2.24) is 5.32 Å². The van der Waals surface area contributed by atoms with Crippen LogP contribution < -0.4 is 10.1 Å². The fourth-order valence-corrected chi connectivity index (χ4v) is 1.47. The predicted molar refractivity (Wildman–Crippen MR) is 70.3 cm³/mol. The highest BCUT2D eigenvalue weighted by Crippen LogP contribution is 2.12. The summed E-state index contributed by atoms with van der Waals surface area (Å²) in [6.07, 6.45) is 3.07. The van der Waals surface area contributed by atoms with Gasteiger partial charge in [0.2, 0.25) is 0 Å². The van der Waals surface area contributed by atoms with Gasteiger partial charge in [0.05, 0.1) is 6.61 Å². The zero-order chi connectivity index (χ0) is 12.3. The number of aliphatic hydroxyl groups is 1. The molecule has 3 heteroatoms. The monoisotopic (exact) mass is 237 g/mol. The Morgan fingerprint density at radius 1 is 1.18 bits per heavy atom. The molecule has 96 valence electrons. The SMILES string of the molecule is CCCCOc1ccc(CNCCCO)cc1. The van der Waals surface area contributed by atoms with Crippen LogP contribution in [-0.2, 0) is 6.54 Å². The third-order valence-corrected chi connectivity index (χ3v) is 2.53. The van der Waals surface area contributed by atoms with Crippen LogP contribution in [0.2, 0.25) is 0 Å². The van der Waals surface area contributed by atoms with Crippen LogP contribution in [0.5, 0.6) is 5.75 Å². The number of rotatable bonds is 9. The third-order valence-electron chi connectivity index (χ3n) is 2.53. The van der Waals surface area contributed by atoms with E-state index in [1.165, 1.54) is 5.56 Å². The summed E-state index contributed by atoms with van der Waals surface area (Å²) < 4.78 is 5.59. The molecule has 0 aliphatic carbocycles. The Hall–Kier alpha value is -1.06. The van der Waals surface area contributed by atoms with Gasteiger partial charge >= 0.3 is 0 Å². The number of aliphatic hydroxyl groups excluding tert-OH is 1. The Kier molecular flexibility index (Phi) is 7.43. The minimum Gasteiger partial charge on any atom is -0.494 e.